The van der Waals surface area contributed by atoms with Crippen LogP contribution >= 0.6 is 0 Å². The number of ether oxygens (including phenoxy) is 1. The molecule has 4 nitrogen and oxygen atoms in total. The number of nitrogens with zero attached hydrogens (tertiary/aromatic N) is 2. The smallest absolute Gasteiger partial charge is 0.327 e. The predicted molar refractivity (Wildman–Crippen MR) is 52.8 cm³/mol. The Balaban J connectivity index is 2.27. The van der Waals surface area contributed by atoms with Gasteiger partial charge >= 0.3 is 5.97 Å². The molecular formula is C10H16N2O2. The van der Waals surface area contributed by atoms with Gasteiger partial charge in [0.05, 0.1) is 12.3 Å². The lowest BCUT2D eigenvalue weighted by Gasteiger charge is -2.03. The normalized spacial score (nSPS) is 10.1. The summed E-state index contributed by atoms with van der Waals surface area (Å²) in [6, 6.07) is 1.86. The second kappa shape index (κ2) is 5.42. The molecule has 14 heavy (non-hydrogen) atoms. The predicted octanol–water partition coefficient (Wildman–Crippen LogP) is 1.53. The van der Waals surface area contributed by atoms with E-state index < -0.39 is 0 Å². The molecule has 0 atom stereocenters. The topological polar surface area (TPSA) is 44.1 Å². The van der Waals surface area contributed by atoms with Crippen LogP contribution in [0.25, 0.3) is 0 Å². The Bertz CT molecular complexity index is 294. The Morgan fingerprint density at radius 2 is 2.43 bits per heavy atom. The van der Waals surface area contributed by atoms with Crippen LogP contribution in [0.3, 0.4) is 0 Å². The lowest BCUT2D eigenvalue weighted by Crippen LogP contribution is -2.14. The SMILES string of the molecule is CCCCOC(=O)Cn1ccc(C)n1. The van der Waals surface area contributed by atoms with Gasteiger partial charge in [-0.2, -0.15) is 5.10 Å². The van der Waals surface area contributed by atoms with Gasteiger partial charge in [-0.25, -0.2) is 0 Å². The van der Waals surface area contributed by atoms with E-state index in [0.29, 0.717) is 6.61 Å². The first kappa shape index (κ1) is 10.8. The summed E-state index contributed by atoms with van der Waals surface area (Å²) in [6.45, 7) is 4.66. The highest BCUT2D eigenvalue weighted by Crippen LogP contribution is 1.94. The summed E-state index contributed by atoms with van der Waals surface area (Å²) in [4.78, 5) is 11.2. The second-order valence-corrected chi connectivity index (χ2v) is 3.23. The first-order valence-electron chi connectivity index (χ1n) is 4.88. The lowest BCUT2D eigenvalue weighted by molar-refractivity contribution is -0.144. The van der Waals surface area contributed by atoms with Crippen LogP contribution in [-0.4, -0.2) is 22.4 Å². The average molecular weight is 196 g/mol. The fraction of sp³-hybridized carbons (Fsp3) is 0.600. The molecule has 0 aliphatic carbocycles. The fourth-order valence-corrected chi connectivity index (χ4v) is 1.06. The summed E-state index contributed by atoms with van der Waals surface area (Å²) >= 11 is 0. The standard InChI is InChI=1S/C10H16N2O2/c1-3-4-7-14-10(13)8-12-6-5-9(2)11-12/h5-6H,3-4,7-8H2,1-2H3. The first-order chi connectivity index (χ1) is 6.72. The summed E-state index contributed by atoms with van der Waals surface area (Å²) in [7, 11) is 0. The van der Waals surface area contributed by atoms with E-state index in [1.807, 2.05) is 13.0 Å². The zero-order valence-corrected chi connectivity index (χ0v) is 8.69. The zero-order chi connectivity index (χ0) is 10.4. The number of aryl methyl sites for hydroxylation is 1. The molecule has 0 saturated carbocycles. The van der Waals surface area contributed by atoms with Gasteiger partial charge in [0.1, 0.15) is 6.54 Å². The van der Waals surface area contributed by atoms with Crippen LogP contribution in [0.2, 0.25) is 0 Å². The molecule has 1 aromatic rings. The van der Waals surface area contributed by atoms with Gasteiger partial charge < -0.3 is 4.74 Å². The molecule has 0 radical (unpaired) electrons. The highest BCUT2D eigenvalue weighted by Gasteiger charge is 2.03. The maximum absolute atomic E-state index is 11.2. The van der Waals surface area contributed by atoms with Crippen molar-refractivity contribution >= 4 is 5.97 Å². The molecule has 0 N–H and O–H groups in total. The van der Waals surface area contributed by atoms with Crippen LogP contribution in [-0.2, 0) is 16.1 Å². The fourth-order valence-electron chi connectivity index (χ4n) is 1.06. The van der Waals surface area contributed by atoms with Gasteiger partial charge in [0.15, 0.2) is 0 Å². The van der Waals surface area contributed by atoms with Crippen molar-refractivity contribution in [1.82, 2.24) is 9.78 Å². The largest absolute Gasteiger partial charge is 0.464 e. The van der Waals surface area contributed by atoms with E-state index >= 15 is 0 Å². The molecule has 1 aromatic heterocycles. The number of rotatable bonds is 5. The zero-order valence-electron chi connectivity index (χ0n) is 8.69. The highest BCUT2D eigenvalue weighted by molar-refractivity contribution is 5.68. The van der Waals surface area contributed by atoms with Crippen molar-refractivity contribution in [2.45, 2.75) is 33.2 Å². The van der Waals surface area contributed by atoms with Crippen molar-refractivity contribution in [3.8, 4) is 0 Å². The lowest BCUT2D eigenvalue weighted by atomic mass is 10.4. The molecule has 0 amide bonds. The molecule has 0 unspecified atom stereocenters. The van der Waals surface area contributed by atoms with Crippen LogP contribution in [0.4, 0.5) is 0 Å². The van der Waals surface area contributed by atoms with E-state index in [-0.39, 0.29) is 12.5 Å². The highest BCUT2D eigenvalue weighted by atomic mass is 16.5. The van der Waals surface area contributed by atoms with Gasteiger partial charge in [0.25, 0.3) is 0 Å². The van der Waals surface area contributed by atoms with Gasteiger partial charge in [-0.15, -0.1) is 0 Å². The van der Waals surface area contributed by atoms with Crippen LogP contribution < -0.4 is 0 Å². The number of esters is 1. The van der Waals surface area contributed by atoms with Gasteiger partial charge in [0, 0.05) is 6.20 Å². The minimum atomic E-state index is -0.221. The van der Waals surface area contributed by atoms with Crippen LogP contribution in [0.5, 0.6) is 0 Å². The Labute approximate surface area is 83.9 Å². The minimum absolute atomic E-state index is 0.206. The first-order valence-corrected chi connectivity index (χ1v) is 4.88. The van der Waals surface area contributed by atoms with Gasteiger partial charge in [-0.05, 0) is 19.4 Å². The third kappa shape index (κ3) is 3.60. The molecule has 0 aliphatic heterocycles. The van der Waals surface area contributed by atoms with Crippen molar-refractivity contribution < 1.29 is 9.53 Å². The monoisotopic (exact) mass is 196 g/mol. The molecule has 1 rings (SSSR count). The van der Waals surface area contributed by atoms with Gasteiger partial charge in [0.2, 0.25) is 0 Å². The molecule has 0 aliphatic rings. The second-order valence-electron chi connectivity index (χ2n) is 3.23. The third-order valence-electron chi connectivity index (χ3n) is 1.83. The minimum Gasteiger partial charge on any atom is -0.464 e. The van der Waals surface area contributed by atoms with Crippen LogP contribution in [0.1, 0.15) is 25.5 Å². The number of unbranched alkanes of at least 4 members (excludes halogenated alkanes) is 1. The molecule has 1 heterocycles. The third-order valence-corrected chi connectivity index (χ3v) is 1.83. The van der Waals surface area contributed by atoms with Crippen LogP contribution in [0.15, 0.2) is 12.3 Å². The van der Waals surface area contributed by atoms with E-state index in [1.165, 1.54) is 0 Å². The quantitative estimate of drug-likeness (QED) is 0.530. The number of carbonyl (C=O) groups excluding carboxylic acids is 1. The molecule has 0 saturated heterocycles. The van der Waals surface area contributed by atoms with Crippen molar-refractivity contribution in [2.75, 3.05) is 6.61 Å². The average Bonchev–Trinajstić information content (AvgIpc) is 2.52. The van der Waals surface area contributed by atoms with Crippen molar-refractivity contribution in [3.63, 3.8) is 0 Å². The van der Waals surface area contributed by atoms with Gasteiger partial charge in [-0.1, -0.05) is 13.3 Å². The Morgan fingerprint density at radius 1 is 1.64 bits per heavy atom. The summed E-state index contributed by atoms with van der Waals surface area (Å²) in [5, 5.41) is 4.09. The summed E-state index contributed by atoms with van der Waals surface area (Å²) in [5.74, 6) is -0.221. The molecular weight excluding hydrogens is 180 g/mol. The van der Waals surface area contributed by atoms with Gasteiger partial charge in [-0.3, -0.25) is 9.48 Å². The molecule has 0 aromatic carbocycles. The number of aromatic nitrogens is 2. The maximum atomic E-state index is 11.2. The van der Waals surface area contributed by atoms with E-state index in [2.05, 4.69) is 12.0 Å². The maximum Gasteiger partial charge on any atom is 0.327 e. The van der Waals surface area contributed by atoms with E-state index in [1.54, 1.807) is 10.9 Å². The van der Waals surface area contributed by atoms with Crippen molar-refractivity contribution in [1.29, 1.82) is 0 Å². The van der Waals surface area contributed by atoms with E-state index in [0.717, 1.165) is 18.5 Å². The molecule has 0 bridgehead atoms. The van der Waals surface area contributed by atoms with E-state index in [4.69, 9.17) is 4.74 Å². The molecule has 78 valence electrons. The molecule has 4 heteroatoms. The van der Waals surface area contributed by atoms with E-state index in [9.17, 15) is 4.79 Å². The number of hydrogen-bond acceptors (Lipinski definition) is 3. The van der Waals surface area contributed by atoms with Crippen LogP contribution in [0, 0.1) is 6.92 Å². The Hall–Kier alpha value is -1.32. The Morgan fingerprint density at radius 3 is 3.00 bits per heavy atom. The van der Waals surface area contributed by atoms with Crippen molar-refractivity contribution in [3.05, 3.63) is 18.0 Å². The number of carbonyl (C=O) groups is 1. The van der Waals surface area contributed by atoms with Crippen molar-refractivity contribution in [2.24, 2.45) is 0 Å². The summed E-state index contributed by atoms with van der Waals surface area (Å²) < 4.78 is 6.58. The number of hydrogen-bond donors (Lipinski definition) is 0. The molecule has 0 fully saturated rings. The molecule has 0 spiro atoms. The summed E-state index contributed by atoms with van der Waals surface area (Å²) in [5.41, 5.74) is 0.909. The summed E-state index contributed by atoms with van der Waals surface area (Å²) in [6.07, 6.45) is 3.73. The Kier molecular flexibility index (Phi) is 4.16.